The number of guanidine groups is 1. The normalized spacial score (nSPS) is 12.0. The number of nitrogens with zero attached hydrogens (tertiary/aromatic N) is 2. The predicted octanol–water partition coefficient (Wildman–Crippen LogP) is 3.37. The maximum atomic E-state index is 11.8. The van der Waals surface area contributed by atoms with Crippen molar-refractivity contribution >= 4 is 41.5 Å². The molecule has 6 nitrogen and oxygen atoms in total. The van der Waals surface area contributed by atoms with E-state index in [0.717, 1.165) is 12.1 Å². The molecule has 1 heterocycles. The van der Waals surface area contributed by atoms with Gasteiger partial charge in [-0.2, -0.15) is 0 Å². The Morgan fingerprint density at radius 1 is 1.27 bits per heavy atom. The van der Waals surface area contributed by atoms with Crippen LogP contribution in [0.5, 0.6) is 0 Å². The average molecular weight is 467 g/mol. The number of aromatic nitrogens is 1. The molecule has 0 saturated carbocycles. The van der Waals surface area contributed by atoms with E-state index in [0.29, 0.717) is 30.5 Å². The van der Waals surface area contributed by atoms with Crippen molar-refractivity contribution in [1.82, 2.24) is 10.3 Å². The summed E-state index contributed by atoms with van der Waals surface area (Å²) in [6, 6.07) is 11.6. The Kier molecular flexibility index (Phi) is 9.64. The number of hydrogen-bond acceptors (Lipinski definition) is 3. The Morgan fingerprint density at radius 3 is 2.62 bits per heavy atom. The van der Waals surface area contributed by atoms with Gasteiger partial charge in [0, 0.05) is 24.6 Å². The Bertz CT molecular complexity index is 704. The molecule has 0 bridgehead atoms. The van der Waals surface area contributed by atoms with E-state index in [4.69, 9.17) is 5.73 Å². The number of pyridine rings is 1. The molecule has 26 heavy (non-hydrogen) atoms. The van der Waals surface area contributed by atoms with Gasteiger partial charge in [0.2, 0.25) is 0 Å². The number of amides is 1. The molecule has 1 atom stereocenters. The Morgan fingerprint density at radius 2 is 2.00 bits per heavy atom. The molecule has 0 spiro atoms. The first-order valence-electron chi connectivity index (χ1n) is 8.45. The summed E-state index contributed by atoms with van der Waals surface area (Å²) in [5.41, 5.74) is 8.60. The molecule has 1 aromatic heterocycles. The van der Waals surface area contributed by atoms with Gasteiger partial charge in [-0.3, -0.25) is 14.8 Å². The van der Waals surface area contributed by atoms with Gasteiger partial charge in [0.25, 0.3) is 5.91 Å². The van der Waals surface area contributed by atoms with Crippen LogP contribution < -0.4 is 16.4 Å². The van der Waals surface area contributed by atoms with E-state index in [1.807, 2.05) is 12.1 Å². The number of carbonyl (C=O) groups excluding carboxylic acids is 1. The van der Waals surface area contributed by atoms with Gasteiger partial charge in [0.1, 0.15) is 0 Å². The van der Waals surface area contributed by atoms with E-state index in [2.05, 4.69) is 46.6 Å². The van der Waals surface area contributed by atoms with Crippen molar-refractivity contribution in [3.05, 3.63) is 59.9 Å². The highest BCUT2D eigenvalue weighted by Gasteiger charge is 2.04. The van der Waals surface area contributed by atoms with Crippen LogP contribution in [0.1, 0.15) is 42.1 Å². The zero-order valence-electron chi connectivity index (χ0n) is 15.1. The van der Waals surface area contributed by atoms with Crippen LogP contribution in [0.4, 0.5) is 5.69 Å². The average Bonchev–Trinajstić information content (AvgIpc) is 2.65. The molecule has 1 amide bonds. The maximum Gasteiger partial charge on any atom is 0.252 e. The molecule has 0 aliphatic carbocycles. The second kappa shape index (κ2) is 11.5. The molecule has 1 aromatic carbocycles. The summed E-state index contributed by atoms with van der Waals surface area (Å²) >= 11 is 0. The van der Waals surface area contributed by atoms with Crippen LogP contribution in [0.2, 0.25) is 0 Å². The van der Waals surface area contributed by atoms with E-state index in [1.54, 1.807) is 18.3 Å². The minimum absolute atomic E-state index is 0. The number of halogens is 1. The van der Waals surface area contributed by atoms with Crippen LogP contribution in [0.15, 0.2) is 53.8 Å². The molecular weight excluding hydrogens is 441 g/mol. The van der Waals surface area contributed by atoms with Crippen molar-refractivity contribution in [3.63, 3.8) is 0 Å². The van der Waals surface area contributed by atoms with Crippen molar-refractivity contribution in [2.45, 2.75) is 26.2 Å². The van der Waals surface area contributed by atoms with Gasteiger partial charge in [-0.15, -0.1) is 24.0 Å². The number of anilines is 1. The first-order valence-corrected chi connectivity index (χ1v) is 8.45. The molecular formula is C19H26IN5O. The fourth-order valence-electron chi connectivity index (χ4n) is 2.26. The lowest BCUT2D eigenvalue weighted by atomic mass is 9.99. The van der Waals surface area contributed by atoms with E-state index in [9.17, 15) is 4.79 Å². The van der Waals surface area contributed by atoms with Crippen molar-refractivity contribution in [3.8, 4) is 0 Å². The molecule has 2 rings (SSSR count). The minimum Gasteiger partial charge on any atom is -0.370 e. The number of hydrogen-bond donors (Lipinski definition) is 3. The number of carbonyl (C=O) groups is 1. The first kappa shape index (κ1) is 21.9. The molecule has 0 aliphatic rings. The predicted molar refractivity (Wildman–Crippen MR) is 117 cm³/mol. The highest BCUT2D eigenvalue weighted by atomic mass is 127. The van der Waals surface area contributed by atoms with Crippen LogP contribution in [0, 0.1) is 0 Å². The van der Waals surface area contributed by atoms with Crippen LogP contribution in [-0.2, 0) is 0 Å². The van der Waals surface area contributed by atoms with Crippen molar-refractivity contribution in [1.29, 1.82) is 0 Å². The molecule has 1 unspecified atom stereocenters. The summed E-state index contributed by atoms with van der Waals surface area (Å²) in [5.74, 6) is 0.700. The lowest BCUT2D eigenvalue weighted by Crippen LogP contribution is -2.28. The van der Waals surface area contributed by atoms with Crippen molar-refractivity contribution in [2.24, 2.45) is 10.7 Å². The Hall–Kier alpha value is -2.16. The third-order valence-corrected chi connectivity index (χ3v) is 3.97. The highest BCUT2D eigenvalue weighted by Crippen LogP contribution is 2.20. The molecule has 7 heteroatoms. The summed E-state index contributed by atoms with van der Waals surface area (Å²) in [6.45, 7) is 5.19. The summed E-state index contributed by atoms with van der Waals surface area (Å²) in [5, 5.41) is 5.83. The number of benzene rings is 1. The van der Waals surface area contributed by atoms with E-state index in [-0.39, 0.29) is 29.9 Å². The van der Waals surface area contributed by atoms with E-state index >= 15 is 0 Å². The third kappa shape index (κ3) is 6.99. The van der Waals surface area contributed by atoms with Crippen molar-refractivity contribution < 1.29 is 4.79 Å². The van der Waals surface area contributed by atoms with Gasteiger partial charge < -0.3 is 16.4 Å². The van der Waals surface area contributed by atoms with Crippen LogP contribution in [0.25, 0.3) is 0 Å². The summed E-state index contributed by atoms with van der Waals surface area (Å²) in [6.07, 6.45) is 4.27. The van der Waals surface area contributed by atoms with Gasteiger partial charge in [-0.05, 0) is 42.2 Å². The molecule has 0 aliphatic heterocycles. The quantitative estimate of drug-likeness (QED) is 0.252. The second-order valence-corrected chi connectivity index (χ2v) is 5.82. The zero-order valence-corrected chi connectivity index (χ0v) is 17.4. The van der Waals surface area contributed by atoms with Crippen LogP contribution in [-0.4, -0.2) is 29.9 Å². The lowest BCUT2D eigenvalue weighted by Gasteiger charge is -2.11. The molecule has 0 radical (unpaired) electrons. The third-order valence-electron chi connectivity index (χ3n) is 3.97. The lowest BCUT2D eigenvalue weighted by molar-refractivity contribution is 0.0954. The number of aliphatic imine (C=N–C) groups is 1. The van der Waals surface area contributed by atoms with Crippen LogP contribution in [0.3, 0.4) is 0 Å². The highest BCUT2D eigenvalue weighted by molar-refractivity contribution is 14.0. The summed E-state index contributed by atoms with van der Waals surface area (Å²) in [7, 11) is 0. The number of nitrogens with one attached hydrogen (secondary N) is 2. The van der Waals surface area contributed by atoms with Crippen LogP contribution >= 0.6 is 24.0 Å². The van der Waals surface area contributed by atoms with Gasteiger partial charge in [-0.25, -0.2) is 0 Å². The van der Waals surface area contributed by atoms with E-state index in [1.165, 1.54) is 11.8 Å². The van der Waals surface area contributed by atoms with Gasteiger partial charge in [0.05, 0.1) is 12.1 Å². The second-order valence-electron chi connectivity index (χ2n) is 5.82. The summed E-state index contributed by atoms with van der Waals surface area (Å²) < 4.78 is 0. The Balaban J connectivity index is 0.00000338. The SMILES string of the molecule is CCC(C)c1ccc(NC(N)=NCCNC(=O)c2cccnc2)cc1.I. The number of rotatable bonds is 7. The fraction of sp³-hybridized carbons (Fsp3) is 0.316. The van der Waals surface area contributed by atoms with Gasteiger partial charge >= 0.3 is 0 Å². The largest absolute Gasteiger partial charge is 0.370 e. The minimum atomic E-state index is -0.171. The number of nitrogens with two attached hydrogens (primary N) is 1. The fourth-order valence-corrected chi connectivity index (χ4v) is 2.26. The molecule has 0 fully saturated rings. The topological polar surface area (TPSA) is 92.4 Å². The monoisotopic (exact) mass is 467 g/mol. The zero-order chi connectivity index (χ0) is 18.1. The van der Waals surface area contributed by atoms with Gasteiger partial charge in [-0.1, -0.05) is 26.0 Å². The smallest absolute Gasteiger partial charge is 0.252 e. The summed E-state index contributed by atoms with van der Waals surface area (Å²) in [4.78, 5) is 20.0. The van der Waals surface area contributed by atoms with Gasteiger partial charge in [0.15, 0.2) is 5.96 Å². The van der Waals surface area contributed by atoms with Crippen molar-refractivity contribution in [2.75, 3.05) is 18.4 Å². The van der Waals surface area contributed by atoms with E-state index < -0.39 is 0 Å². The molecule has 4 N–H and O–H groups in total. The molecule has 0 saturated heterocycles. The standard InChI is InChI=1S/C19H25N5O.HI/c1-3-14(2)15-6-8-17(9-7-15)24-19(20)23-12-11-22-18(25)16-5-4-10-21-13-16;/h4-10,13-14H,3,11-12H2,1-2H3,(H,22,25)(H3,20,23,24);1H. The Labute approximate surface area is 171 Å². The maximum absolute atomic E-state index is 11.8. The first-order chi connectivity index (χ1) is 12.1. The molecule has 140 valence electrons. The molecule has 2 aromatic rings.